The highest BCUT2D eigenvalue weighted by Crippen LogP contribution is 2.31. The number of nitrogens with one attached hydrogen (secondary N) is 1. The first-order chi connectivity index (χ1) is 8.81. The van der Waals surface area contributed by atoms with E-state index < -0.39 is 0 Å². The van der Waals surface area contributed by atoms with Crippen LogP contribution in [-0.4, -0.2) is 19.0 Å². The normalized spacial score (nSPS) is 18.4. The Hall–Kier alpha value is -0.780. The van der Waals surface area contributed by atoms with Crippen LogP contribution in [0.2, 0.25) is 0 Å². The summed E-state index contributed by atoms with van der Waals surface area (Å²) in [4.78, 5) is 4.47. The number of hydrogen-bond acceptors (Lipinski definition) is 1. The Morgan fingerprint density at radius 1 is 1.42 bits per heavy atom. The van der Waals surface area contributed by atoms with Gasteiger partial charge in [0.05, 0.1) is 0 Å². The summed E-state index contributed by atoms with van der Waals surface area (Å²) in [6.07, 6.45) is 4.77. The average Bonchev–Trinajstić information content (AvgIpc) is 2.42. The van der Waals surface area contributed by atoms with Gasteiger partial charge in [0, 0.05) is 19.0 Å². The average molecular weight is 373 g/mol. The lowest BCUT2D eigenvalue weighted by Gasteiger charge is -2.24. The van der Waals surface area contributed by atoms with Gasteiger partial charge in [-0.05, 0) is 36.8 Å². The maximum absolute atomic E-state index is 5.84. The van der Waals surface area contributed by atoms with E-state index in [2.05, 4.69) is 41.5 Å². The van der Waals surface area contributed by atoms with Gasteiger partial charge < -0.3 is 11.1 Å². The number of rotatable bonds is 4. The van der Waals surface area contributed by atoms with Gasteiger partial charge >= 0.3 is 0 Å². The first kappa shape index (κ1) is 16.3. The summed E-state index contributed by atoms with van der Waals surface area (Å²) in [7, 11) is 0. The number of fused-ring (bicyclic) bond motifs is 1. The summed E-state index contributed by atoms with van der Waals surface area (Å²) in [6, 6.07) is 8.73. The fraction of sp³-hybridized carbons (Fsp3) is 0.533. The lowest BCUT2D eigenvalue weighted by atomic mass is 9.83. The zero-order valence-electron chi connectivity index (χ0n) is 11.6. The first-order valence-electron chi connectivity index (χ1n) is 6.93. The largest absolute Gasteiger partial charge is 0.370 e. The molecular weight excluding hydrogens is 349 g/mol. The van der Waals surface area contributed by atoms with Crippen LogP contribution in [0.4, 0.5) is 0 Å². The number of halogens is 1. The molecule has 3 N–H and O–H groups in total. The molecule has 0 aliphatic heterocycles. The molecule has 1 aromatic carbocycles. The monoisotopic (exact) mass is 373 g/mol. The van der Waals surface area contributed by atoms with Crippen LogP contribution in [0.1, 0.15) is 43.2 Å². The quantitative estimate of drug-likeness (QED) is 0.484. The van der Waals surface area contributed by atoms with Crippen LogP contribution in [0.15, 0.2) is 29.3 Å². The Labute approximate surface area is 133 Å². The third kappa shape index (κ3) is 4.67. The van der Waals surface area contributed by atoms with Gasteiger partial charge in [-0.15, -0.1) is 24.0 Å². The molecule has 19 heavy (non-hydrogen) atoms. The van der Waals surface area contributed by atoms with Gasteiger partial charge in [-0.1, -0.05) is 31.2 Å². The Morgan fingerprint density at radius 3 is 3.00 bits per heavy atom. The Bertz CT molecular complexity index is 418. The van der Waals surface area contributed by atoms with Crippen LogP contribution in [0.5, 0.6) is 0 Å². The van der Waals surface area contributed by atoms with Gasteiger partial charge in [-0.25, -0.2) is 0 Å². The first-order valence-corrected chi connectivity index (χ1v) is 6.93. The van der Waals surface area contributed by atoms with E-state index in [9.17, 15) is 0 Å². The van der Waals surface area contributed by atoms with Crippen molar-refractivity contribution in [1.82, 2.24) is 5.32 Å². The Kier molecular flexibility index (Phi) is 7.20. The van der Waals surface area contributed by atoms with Crippen LogP contribution in [0.3, 0.4) is 0 Å². The molecule has 0 aromatic heterocycles. The van der Waals surface area contributed by atoms with Crippen molar-refractivity contribution in [3.63, 3.8) is 0 Å². The number of guanidine groups is 1. The second kappa shape index (κ2) is 8.40. The lowest BCUT2D eigenvalue weighted by molar-refractivity contribution is 0.560. The molecule has 4 heteroatoms. The number of nitrogens with two attached hydrogens (primary N) is 1. The molecule has 0 radical (unpaired) electrons. The van der Waals surface area contributed by atoms with Gasteiger partial charge in [-0.3, -0.25) is 4.99 Å². The smallest absolute Gasteiger partial charge is 0.188 e. The number of aryl methyl sites for hydroxylation is 1. The van der Waals surface area contributed by atoms with Gasteiger partial charge in [0.1, 0.15) is 0 Å². The summed E-state index contributed by atoms with van der Waals surface area (Å²) in [5, 5.41) is 3.12. The van der Waals surface area contributed by atoms with Crippen LogP contribution >= 0.6 is 24.0 Å². The summed E-state index contributed by atoms with van der Waals surface area (Å²) in [5.74, 6) is 1.12. The molecule has 0 saturated heterocycles. The fourth-order valence-corrected chi connectivity index (χ4v) is 2.56. The molecular formula is C15H24IN3. The highest BCUT2D eigenvalue weighted by atomic mass is 127. The van der Waals surface area contributed by atoms with E-state index in [1.54, 1.807) is 0 Å². The van der Waals surface area contributed by atoms with Crippen LogP contribution in [-0.2, 0) is 6.42 Å². The summed E-state index contributed by atoms with van der Waals surface area (Å²) < 4.78 is 0. The van der Waals surface area contributed by atoms with E-state index in [1.165, 1.54) is 30.4 Å². The number of aliphatic imine (C=N–C) groups is 1. The summed E-state index contributed by atoms with van der Waals surface area (Å²) in [6.45, 7) is 3.83. The van der Waals surface area contributed by atoms with Crippen molar-refractivity contribution in [2.45, 2.75) is 38.5 Å². The SMILES string of the molecule is CCCNC(N)=NCC1CCCc2ccccc21.I. The van der Waals surface area contributed by atoms with Crippen molar-refractivity contribution in [3.05, 3.63) is 35.4 Å². The minimum absolute atomic E-state index is 0. The van der Waals surface area contributed by atoms with Crippen molar-refractivity contribution in [2.75, 3.05) is 13.1 Å². The maximum Gasteiger partial charge on any atom is 0.188 e. The summed E-state index contributed by atoms with van der Waals surface area (Å²) >= 11 is 0. The molecule has 1 unspecified atom stereocenters. The molecule has 1 aromatic rings. The standard InChI is InChI=1S/C15H23N3.HI/c1-2-10-17-15(16)18-11-13-8-5-7-12-6-3-4-9-14(12)13;/h3-4,6,9,13H,2,5,7-8,10-11H2,1H3,(H3,16,17,18);1H. The van der Waals surface area contributed by atoms with E-state index in [4.69, 9.17) is 5.73 Å². The van der Waals surface area contributed by atoms with E-state index in [0.29, 0.717) is 11.9 Å². The van der Waals surface area contributed by atoms with E-state index in [1.807, 2.05) is 0 Å². The van der Waals surface area contributed by atoms with Gasteiger partial charge in [0.15, 0.2) is 5.96 Å². The molecule has 1 aliphatic carbocycles. The predicted octanol–water partition coefficient (Wildman–Crippen LogP) is 3.04. The second-order valence-electron chi connectivity index (χ2n) is 4.94. The van der Waals surface area contributed by atoms with Crippen LogP contribution in [0.25, 0.3) is 0 Å². The molecule has 2 rings (SSSR count). The van der Waals surface area contributed by atoms with Crippen LogP contribution in [0, 0.1) is 0 Å². The molecule has 1 aliphatic rings. The molecule has 0 heterocycles. The summed E-state index contributed by atoms with van der Waals surface area (Å²) in [5.41, 5.74) is 8.79. The van der Waals surface area contributed by atoms with E-state index in [-0.39, 0.29) is 24.0 Å². The van der Waals surface area contributed by atoms with Crippen molar-refractivity contribution in [1.29, 1.82) is 0 Å². The van der Waals surface area contributed by atoms with Crippen molar-refractivity contribution >= 4 is 29.9 Å². The molecule has 3 nitrogen and oxygen atoms in total. The lowest BCUT2D eigenvalue weighted by Crippen LogP contribution is -2.32. The Morgan fingerprint density at radius 2 is 2.21 bits per heavy atom. The predicted molar refractivity (Wildman–Crippen MR) is 92.3 cm³/mol. The third-order valence-corrected chi connectivity index (χ3v) is 3.53. The number of benzene rings is 1. The minimum atomic E-state index is 0. The number of hydrogen-bond donors (Lipinski definition) is 2. The maximum atomic E-state index is 5.84. The van der Waals surface area contributed by atoms with Crippen molar-refractivity contribution < 1.29 is 0 Å². The van der Waals surface area contributed by atoms with E-state index in [0.717, 1.165) is 19.5 Å². The molecule has 1 atom stereocenters. The molecule has 0 fully saturated rings. The van der Waals surface area contributed by atoms with Gasteiger partial charge in [0.25, 0.3) is 0 Å². The molecule has 0 saturated carbocycles. The highest BCUT2D eigenvalue weighted by Gasteiger charge is 2.19. The zero-order valence-corrected chi connectivity index (χ0v) is 13.9. The third-order valence-electron chi connectivity index (χ3n) is 3.53. The Balaban J connectivity index is 0.00000180. The molecule has 106 valence electrons. The second-order valence-corrected chi connectivity index (χ2v) is 4.94. The molecule has 0 amide bonds. The minimum Gasteiger partial charge on any atom is -0.370 e. The highest BCUT2D eigenvalue weighted by molar-refractivity contribution is 14.0. The molecule has 0 bridgehead atoms. The van der Waals surface area contributed by atoms with Crippen molar-refractivity contribution in [2.24, 2.45) is 10.7 Å². The van der Waals surface area contributed by atoms with E-state index >= 15 is 0 Å². The van der Waals surface area contributed by atoms with Gasteiger partial charge in [0.2, 0.25) is 0 Å². The number of nitrogens with zero attached hydrogens (tertiary/aromatic N) is 1. The van der Waals surface area contributed by atoms with Crippen LogP contribution < -0.4 is 11.1 Å². The fourth-order valence-electron chi connectivity index (χ4n) is 2.56. The van der Waals surface area contributed by atoms with Crippen molar-refractivity contribution in [3.8, 4) is 0 Å². The van der Waals surface area contributed by atoms with Gasteiger partial charge in [-0.2, -0.15) is 0 Å². The topological polar surface area (TPSA) is 50.4 Å². The zero-order chi connectivity index (χ0) is 12.8. The molecule has 0 spiro atoms.